The highest BCUT2D eigenvalue weighted by molar-refractivity contribution is 7.22. The van der Waals surface area contributed by atoms with Gasteiger partial charge in [-0.1, -0.05) is 40.6 Å². The summed E-state index contributed by atoms with van der Waals surface area (Å²) in [4.78, 5) is 32.9. The molecule has 2 aromatic heterocycles. The number of piperidine rings is 1. The van der Waals surface area contributed by atoms with Gasteiger partial charge in [0.05, 0.1) is 38.4 Å². The van der Waals surface area contributed by atoms with Crippen molar-refractivity contribution in [3.8, 4) is 0 Å². The molecule has 158 valence electrons. The number of hydrogen-bond donors (Lipinski definition) is 3. The molecule has 3 heterocycles. The second kappa shape index (κ2) is 8.05. The van der Waals surface area contributed by atoms with Crippen LogP contribution in [0.25, 0.3) is 10.2 Å². The van der Waals surface area contributed by atoms with Crippen molar-refractivity contribution in [2.75, 3.05) is 18.0 Å². The quantitative estimate of drug-likeness (QED) is 0.528. The SMILES string of the molecule is Cc1[nH]c(C(=O)NC2CCN(c3nc4cccc(C(=O)O)c4s3)CC2F)c(Cl)c1Cl. The maximum absolute atomic E-state index is 14.9. The summed E-state index contributed by atoms with van der Waals surface area (Å²) in [5.41, 5.74) is 1.41. The molecule has 0 radical (unpaired) electrons. The molecule has 3 N–H and O–H groups in total. The zero-order valence-electron chi connectivity index (χ0n) is 15.7. The molecule has 1 aliphatic rings. The van der Waals surface area contributed by atoms with E-state index in [2.05, 4.69) is 15.3 Å². The molecule has 1 amide bonds. The number of carbonyl (C=O) groups is 2. The highest BCUT2D eigenvalue weighted by atomic mass is 35.5. The number of aryl methyl sites for hydroxylation is 1. The Hall–Kier alpha value is -2.36. The normalized spacial score (nSPS) is 19.3. The molecule has 1 fully saturated rings. The second-order valence-electron chi connectivity index (χ2n) is 7.04. The molecule has 1 aromatic carbocycles. The van der Waals surface area contributed by atoms with Crippen molar-refractivity contribution < 1.29 is 19.1 Å². The fourth-order valence-electron chi connectivity index (χ4n) is 3.45. The highest BCUT2D eigenvalue weighted by Crippen LogP contribution is 2.33. The number of aromatic nitrogens is 2. The number of carboxylic acids is 1. The number of alkyl halides is 1. The van der Waals surface area contributed by atoms with E-state index in [9.17, 15) is 19.1 Å². The Morgan fingerprint density at radius 3 is 2.77 bits per heavy atom. The number of fused-ring (bicyclic) bond motifs is 1. The van der Waals surface area contributed by atoms with Gasteiger partial charge < -0.3 is 20.3 Å². The van der Waals surface area contributed by atoms with Gasteiger partial charge in [-0.05, 0) is 25.5 Å². The summed E-state index contributed by atoms with van der Waals surface area (Å²) < 4.78 is 15.4. The molecule has 3 aromatic rings. The summed E-state index contributed by atoms with van der Waals surface area (Å²) in [5, 5.41) is 13.0. The average Bonchev–Trinajstić information content (AvgIpc) is 3.26. The van der Waals surface area contributed by atoms with Crippen LogP contribution in [-0.4, -0.2) is 52.3 Å². The van der Waals surface area contributed by atoms with Crippen molar-refractivity contribution in [3.05, 3.63) is 45.2 Å². The summed E-state index contributed by atoms with van der Waals surface area (Å²) in [7, 11) is 0. The number of hydrogen-bond acceptors (Lipinski definition) is 5. The summed E-state index contributed by atoms with van der Waals surface area (Å²) >= 11 is 13.3. The van der Waals surface area contributed by atoms with Crippen LogP contribution in [0, 0.1) is 6.92 Å². The highest BCUT2D eigenvalue weighted by Gasteiger charge is 2.33. The van der Waals surface area contributed by atoms with Crippen LogP contribution in [0.1, 0.15) is 33.0 Å². The first-order chi connectivity index (χ1) is 14.3. The molecule has 4 rings (SSSR count). The van der Waals surface area contributed by atoms with E-state index in [1.54, 1.807) is 24.0 Å². The molecule has 0 bridgehead atoms. The summed E-state index contributed by atoms with van der Waals surface area (Å²) in [6, 6.07) is 4.20. The van der Waals surface area contributed by atoms with Gasteiger partial charge in [-0.15, -0.1) is 0 Å². The predicted octanol–water partition coefficient (Wildman–Crippen LogP) is 4.28. The van der Waals surface area contributed by atoms with E-state index in [0.717, 1.165) is 0 Å². The summed E-state index contributed by atoms with van der Waals surface area (Å²) in [5.74, 6) is -1.54. The molecule has 0 spiro atoms. The maximum atomic E-state index is 14.9. The van der Waals surface area contributed by atoms with Gasteiger partial charge in [-0.25, -0.2) is 14.2 Å². The number of aromatic amines is 1. The number of carboxylic acid groups (broad SMARTS) is 1. The maximum Gasteiger partial charge on any atom is 0.337 e. The Morgan fingerprint density at radius 2 is 2.13 bits per heavy atom. The van der Waals surface area contributed by atoms with Crippen LogP contribution in [0.15, 0.2) is 18.2 Å². The second-order valence-corrected chi connectivity index (χ2v) is 8.77. The fourth-order valence-corrected chi connectivity index (χ4v) is 4.97. The Labute approximate surface area is 184 Å². The van der Waals surface area contributed by atoms with E-state index >= 15 is 0 Å². The van der Waals surface area contributed by atoms with Gasteiger partial charge in [-0.3, -0.25) is 4.79 Å². The molecule has 2 atom stereocenters. The Bertz CT molecular complexity index is 1150. The smallest absolute Gasteiger partial charge is 0.337 e. The first kappa shape index (κ1) is 20.9. The minimum absolute atomic E-state index is 0.0332. The zero-order valence-corrected chi connectivity index (χ0v) is 18.0. The molecular weight excluding hydrogens is 454 g/mol. The molecule has 0 saturated carbocycles. The topological polar surface area (TPSA) is 98.3 Å². The van der Waals surface area contributed by atoms with Crippen molar-refractivity contribution in [3.63, 3.8) is 0 Å². The number of thiazole rings is 1. The molecule has 1 aliphatic heterocycles. The standard InChI is InChI=1S/C19H17Cl2FN4O3S/c1-8-13(20)14(21)15(23-8)17(27)24-11-5-6-26(7-10(11)22)19-25-12-4-2-3-9(18(28)29)16(12)30-19/h2-4,10-11,23H,5-7H2,1H3,(H,24,27)(H,28,29). The van der Waals surface area contributed by atoms with Crippen LogP contribution in [0.4, 0.5) is 9.52 Å². The van der Waals surface area contributed by atoms with E-state index in [-0.39, 0.29) is 27.8 Å². The Balaban J connectivity index is 1.47. The van der Waals surface area contributed by atoms with Gasteiger partial charge >= 0.3 is 5.97 Å². The number of rotatable bonds is 4. The monoisotopic (exact) mass is 470 g/mol. The molecule has 7 nitrogen and oxygen atoms in total. The Kier molecular flexibility index (Phi) is 5.61. The van der Waals surface area contributed by atoms with E-state index in [1.165, 1.54) is 17.4 Å². The van der Waals surface area contributed by atoms with Crippen molar-refractivity contribution in [1.82, 2.24) is 15.3 Å². The van der Waals surface area contributed by atoms with Crippen LogP contribution in [0.2, 0.25) is 10.0 Å². The van der Waals surface area contributed by atoms with Crippen molar-refractivity contribution in [2.24, 2.45) is 0 Å². The molecule has 11 heteroatoms. The van der Waals surface area contributed by atoms with E-state index in [4.69, 9.17) is 23.2 Å². The van der Waals surface area contributed by atoms with Gasteiger partial charge in [0, 0.05) is 12.2 Å². The van der Waals surface area contributed by atoms with Gasteiger partial charge in [0.1, 0.15) is 11.9 Å². The molecule has 2 unspecified atom stereocenters. The Morgan fingerprint density at radius 1 is 1.37 bits per heavy atom. The molecule has 1 saturated heterocycles. The van der Waals surface area contributed by atoms with Crippen molar-refractivity contribution >= 4 is 61.8 Å². The van der Waals surface area contributed by atoms with E-state index < -0.39 is 24.1 Å². The first-order valence-corrected chi connectivity index (χ1v) is 10.7. The third-order valence-corrected chi connectivity index (χ3v) is 7.16. The first-order valence-electron chi connectivity index (χ1n) is 9.12. The molecular formula is C19H17Cl2FN4O3S. The lowest BCUT2D eigenvalue weighted by atomic mass is 10.0. The van der Waals surface area contributed by atoms with Crippen molar-refractivity contribution in [2.45, 2.75) is 25.6 Å². The van der Waals surface area contributed by atoms with E-state index in [0.29, 0.717) is 34.0 Å². The van der Waals surface area contributed by atoms with E-state index in [1.807, 2.05) is 0 Å². The van der Waals surface area contributed by atoms with Gasteiger partial charge in [0.15, 0.2) is 5.13 Å². The predicted molar refractivity (Wildman–Crippen MR) is 115 cm³/mol. The van der Waals surface area contributed by atoms with Crippen molar-refractivity contribution in [1.29, 1.82) is 0 Å². The number of nitrogens with one attached hydrogen (secondary N) is 2. The lowest BCUT2D eigenvalue weighted by molar-refractivity contribution is 0.0699. The third-order valence-electron chi connectivity index (χ3n) is 5.04. The number of anilines is 1. The number of halogens is 3. The van der Waals surface area contributed by atoms with Gasteiger partial charge in [0.25, 0.3) is 5.91 Å². The molecule has 30 heavy (non-hydrogen) atoms. The number of H-pyrrole nitrogens is 1. The summed E-state index contributed by atoms with van der Waals surface area (Å²) in [6.07, 6.45) is -0.974. The minimum Gasteiger partial charge on any atom is -0.478 e. The average molecular weight is 471 g/mol. The minimum atomic E-state index is -1.33. The van der Waals surface area contributed by atoms with Gasteiger partial charge in [-0.2, -0.15) is 0 Å². The van der Waals surface area contributed by atoms with Crippen LogP contribution in [-0.2, 0) is 0 Å². The number of nitrogens with zero attached hydrogens (tertiary/aromatic N) is 2. The van der Waals surface area contributed by atoms with Crippen LogP contribution in [0.3, 0.4) is 0 Å². The lowest BCUT2D eigenvalue weighted by Crippen LogP contribution is -2.52. The van der Waals surface area contributed by atoms with Crippen LogP contribution < -0.4 is 10.2 Å². The summed E-state index contributed by atoms with van der Waals surface area (Å²) in [6.45, 7) is 2.19. The number of aromatic carboxylic acids is 1. The molecule has 0 aliphatic carbocycles. The van der Waals surface area contributed by atoms with Crippen LogP contribution >= 0.6 is 34.5 Å². The largest absolute Gasteiger partial charge is 0.478 e. The van der Waals surface area contributed by atoms with Crippen LogP contribution in [0.5, 0.6) is 0 Å². The van der Waals surface area contributed by atoms with Gasteiger partial charge in [0.2, 0.25) is 0 Å². The number of benzene rings is 1. The third kappa shape index (κ3) is 3.73. The number of amides is 1. The zero-order chi connectivity index (χ0) is 21.6. The number of carbonyl (C=O) groups excluding carboxylic acids is 1. The lowest BCUT2D eigenvalue weighted by Gasteiger charge is -2.34. The fraction of sp³-hybridized carbons (Fsp3) is 0.316.